The molecule has 3 nitrogen and oxygen atoms in total. The average molecular weight is 343 g/mol. The van der Waals surface area contributed by atoms with Gasteiger partial charge in [-0.1, -0.05) is 36.4 Å². The van der Waals surface area contributed by atoms with Crippen LogP contribution in [0, 0.1) is 0 Å². The molecule has 0 radical (unpaired) electrons. The minimum atomic E-state index is 0.421. The van der Waals surface area contributed by atoms with Gasteiger partial charge in [0.05, 0.1) is 15.9 Å². The van der Waals surface area contributed by atoms with Crippen LogP contribution in [0.1, 0.15) is 11.4 Å². The number of rotatable bonds is 4. The summed E-state index contributed by atoms with van der Waals surface area (Å²) in [5.41, 5.74) is 7.34. The van der Waals surface area contributed by atoms with Crippen molar-refractivity contribution in [1.82, 2.24) is 4.98 Å². The van der Waals surface area contributed by atoms with E-state index < -0.39 is 0 Å². The van der Waals surface area contributed by atoms with Gasteiger partial charge in [-0.3, -0.25) is 4.98 Å². The van der Waals surface area contributed by atoms with Gasteiger partial charge in [-0.05, 0) is 44.9 Å². The Kier molecular flexibility index (Phi) is 4.18. The lowest BCUT2D eigenvalue weighted by molar-refractivity contribution is 0.299. The third-order valence-electron chi connectivity index (χ3n) is 3.28. The molecule has 21 heavy (non-hydrogen) atoms. The predicted molar refractivity (Wildman–Crippen MR) is 88.1 cm³/mol. The Morgan fingerprint density at radius 2 is 1.76 bits per heavy atom. The summed E-state index contributed by atoms with van der Waals surface area (Å²) in [6, 6.07) is 18.0. The first kappa shape index (κ1) is 14.0. The standard InChI is InChI=1S/C17H15BrN2O/c18-17-15-7-2-1-4-12(15)8-9-16(17)21-11-14-6-3-5-13(10-19)20-14/h1-9H,10-11,19H2. The molecule has 0 aliphatic carbocycles. The normalized spacial score (nSPS) is 10.8. The summed E-state index contributed by atoms with van der Waals surface area (Å²) in [5.74, 6) is 0.814. The molecule has 4 heteroatoms. The first-order chi connectivity index (χ1) is 10.3. The van der Waals surface area contributed by atoms with Gasteiger partial charge in [0.2, 0.25) is 0 Å². The fourth-order valence-corrected chi connectivity index (χ4v) is 2.81. The summed E-state index contributed by atoms with van der Waals surface area (Å²) in [7, 11) is 0. The highest BCUT2D eigenvalue weighted by Gasteiger charge is 2.06. The molecule has 1 aromatic heterocycles. The summed E-state index contributed by atoms with van der Waals surface area (Å²) < 4.78 is 6.85. The Hall–Kier alpha value is -1.91. The fraction of sp³-hybridized carbons (Fsp3) is 0.118. The van der Waals surface area contributed by atoms with Crippen molar-refractivity contribution in [2.45, 2.75) is 13.2 Å². The molecule has 0 saturated carbocycles. The predicted octanol–water partition coefficient (Wildman–Crippen LogP) is 4.04. The second-order valence-electron chi connectivity index (χ2n) is 4.71. The first-order valence-electron chi connectivity index (χ1n) is 6.73. The SMILES string of the molecule is NCc1cccc(COc2ccc3ccccc3c2Br)n1. The van der Waals surface area contributed by atoms with Crippen molar-refractivity contribution >= 4 is 26.7 Å². The molecular weight excluding hydrogens is 328 g/mol. The van der Waals surface area contributed by atoms with Gasteiger partial charge in [0, 0.05) is 6.54 Å². The van der Waals surface area contributed by atoms with E-state index in [1.165, 1.54) is 5.39 Å². The van der Waals surface area contributed by atoms with Crippen LogP contribution in [-0.2, 0) is 13.2 Å². The number of nitrogens with zero attached hydrogens (tertiary/aromatic N) is 1. The molecule has 2 N–H and O–H groups in total. The summed E-state index contributed by atoms with van der Waals surface area (Å²) in [6.45, 7) is 0.859. The molecule has 3 rings (SSSR count). The highest BCUT2D eigenvalue weighted by molar-refractivity contribution is 9.10. The molecule has 106 valence electrons. The monoisotopic (exact) mass is 342 g/mol. The third-order valence-corrected chi connectivity index (χ3v) is 4.09. The molecule has 0 spiro atoms. The zero-order valence-corrected chi connectivity index (χ0v) is 13.0. The van der Waals surface area contributed by atoms with E-state index >= 15 is 0 Å². The zero-order chi connectivity index (χ0) is 14.7. The second kappa shape index (κ2) is 6.24. The van der Waals surface area contributed by atoms with E-state index in [4.69, 9.17) is 10.5 Å². The van der Waals surface area contributed by atoms with E-state index in [-0.39, 0.29) is 0 Å². The van der Waals surface area contributed by atoms with Crippen molar-refractivity contribution in [2.75, 3.05) is 0 Å². The molecule has 0 aliphatic rings. The zero-order valence-electron chi connectivity index (χ0n) is 11.4. The molecule has 1 heterocycles. The third kappa shape index (κ3) is 3.06. The van der Waals surface area contributed by atoms with Crippen molar-refractivity contribution in [2.24, 2.45) is 5.73 Å². The van der Waals surface area contributed by atoms with Crippen molar-refractivity contribution in [3.05, 3.63) is 70.5 Å². The number of pyridine rings is 1. The molecule has 0 aliphatic heterocycles. The Balaban J connectivity index is 1.83. The smallest absolute Gasteiger partial charge is 0.134 e. The molecule has 2 aromatic carbocycles. The lowest BCUT2D eigenvalue weighted by Crippen LogP contribution is -2.04. The van der Waals surface area contributed by atoms with Gasteiger partial charge >= 0.3 is 0 Å². The van der Waals surface area contributed by atoms with Gasteiger partial charge in [-0.2, -0.15) is 0 Å². The maximum Gasteiger partial charge on any atom is 0.134 e. The van der Waals surface area contributed by atoms with E-state index in [1.807, 2.05) is 36.4 Å². The van der Waals surface area contributed by atoms with Gasteiger partial charge in [-0.25, -0.2) is 0 Å². The summed E-state index contributed by atoms with van der Waals surface area (Å²) >= 11 is 3.62. The van der Waals surface area contributed by atoms with E-state index in [9.17, 15) is 0 Å². The van der Waals surface area contributed by atoms with E-state index in [1.54, 1.807) is 0 Å². The van der Waals surface area contributed by atoms with Crippen molar-refractivity contribution in [1.29, 1.82) is 0 Å². The molecule has 0 saturated heterocycles. The molecular formula is C17H15BrN2O. The maximum absolute atomic E-state index is 5.88. The van der Waals surface area contributed by atoms with Crippen molar-refractivity contribution in [3.8, 4) is 5.75 Å². The Morgan fingerprint density at radius 1 is 0.952 bits per heavy atom. The first-order valence-corrected chi connectivity index (χ1v) is 7.52. The molecule has 3 aromatic rings. The minimum absolute atomic E-state index is 0.421. The summed E-state index contributed by atoms with van der Waals surface area (Å²) in [6.07, 6.45) is 0. The Bertz CT molecular complexity index is 774. The van der Waals surface area contributed by atoms with Gasteiger partial charge in [0.1, 0.15) is 12.4 Å². The highest BCUT2D eigenvalue weighted by atomic mass is 79.9. The summed E-state index contributed by atoms with van der Waals surface area (Å²) in [5, 5.41) is 2.32. The number of nitrogens with two attached hydrogens (primary N) is 1. The second-order valence-corrected chi connectivity index (χ2v) is 5.50. The van der Waals surface area contributed by atoms with Crippen LogP contribution in [0.5, 0.6) is 5.75 Å². The number of fused-ring (bicyclic) bond motifs is 1. The van der Waals surface area contributed by atoms with E-state index in [0.29, 0.717) is 13.2 Å². The molecule has 0 unspecified atom stereocenters. The van der Waals surface area contributed by atoms with Crippen LogP contribution in [0.3, 0.4) is 0 Å². The fourth-order valence-electron chi connectivity index (χ4n) is 2.20. The van der Waals surface area contributed by atoms with Crippen LogP contribution in [0.4, 0.5) is 0 Å². The Labute approximate surface area is 131 Å². The maximum atomic E-state index is 5.88. The van der Waals surface area contributed by atoms with Crippen LogP contribution in [0.15, 0.2) is 59.1 Å². The number of aromatic nitrogens is 1. The van der Waals surface area contributed by atoms with Gasteiger partial charge in [0.15, 0.2) is 0 Å². The van der Waals surface area contributed by atoms with Crippen LogP contribution in [0.2, 0.25) is 0 Å². The minimum Gasteiger partial charge on any atom is -0.486 e. The van der Waals surface area contributed by atoms with Gasteiger partial charge in [0.25, 0.3) is 0 Å². The summed E-state index contributed by atoms with van der Waals surface area (Å²) in [4.78, 5) is 4.43. The van der Waals surface area contributed by atoms with Crippen molar-refractivity contribution in [3.63, 3.8) is 0 Å². The van der Waals surface area contributed by atoms with E-state index in [2.05, 4.69) is 39.1 Å². The molecule has 0 fully saturated rings. The largest absolute Gasteiger partial charge is 0.486 e. The average Bonchev–Trinajstić information content (AvgIpc) is 2.55. The number of hydrogen-bond donors (Lipinski definition) is 1. The lowest BCUT2D eigenvalue weighted by atomic mass is 10.1. The van der Waals surface area contributed by atoms with Crippen LogP contribution in [0.25, 0.3) is 10.8 Å². The van der Waals surface area contributed by atoms with Gasteiger partial charge in [-0.15, -0.1) is 0 Å². The quantitative estimate of drug-likeness (QED) is 0.778. The molecule has 0 bridgehead atoms. The van der Waals surface area contributed by atoms with Crippen LogP contribution < -0.4 is 10.5 Å². The number of halogens is 1. The van der Waals surface area contributed by atoms with Crippen molar-refractivity contribution < 1.29 is 4.74 Å². The topological polar surface area (TPSA) is 48.1 Å². The number of hydrogen-bond acceptors (Lipinski definition) is 3. The number of benzene rings is 2. The van der Waals surface area contributed by atoms with Crippen LogP contribution in [-0.4, -0.2) is 4.98 Å². The molecule has 0 amide bonds. The number of ether oxygens (including phenoxy) is 1. The Morgan fingerprint density at radius 3 is 2.62 bits per heavy atom. The molecule has 0 atom stereocenters. The van der Waals surface area contributed by atoms with Crippen LogP contribution >= 0.6 is 15.9 Å². The van der Waals surface area contributed by atoms with Gasteiger partial charge < -0.3 is 10.5 Å². The van der Waals surface area contributed by atoms with E-state index in [0.717, 1.165) is 27.0 Å². The highest BCUT2D eigenvalue weighted by Crippen LogP contribution is 2.33. The lowest BCUT2D eigenvalue weighted by Gasteiger charge is -2.10.